The molecule has 0 aliphatic carbocycles. The molecule has 0 saturated carbocycles. The van der Waals surface area contributed by atoms with E-state index in [0.29, 0.717) is 40.1 Å². The molecule has 2 rings (SSSR count). The Balaban J connectivity index is 2.48. The van der Waals surface area contributed by atoms with Crippen LogP contribution in [0, 0.1) is 11.3 Å². The van der Waals surface area contributed by atoms with Crippen molar-refractivity contribution in [3.05, 3.63) is 75.3 Å². The van der Waals surface area contributed by atoms with E-state index >= 15 is 0 Å². The molecule has 0 aliphatic rings. The lowest BCUT2D eigenvalue weighted by Crippen LogP contribution is -2.22. The third-order valence-electron chi connectivity index (χ3n) is 4.27. The molecule has 1 amide bonds. The zero-order valence-corrected chi connectivity index (χ0v) is 19.3. The summed E-state index contributed by atoms with van der Waals surface area (Å²) in [5.41, 5.74) is 2.28. The standard InChI is InChI=1S/C24H24Cl2N2O3/c1-5-7-17-10-16(11-19(14-27)24(29)28(3)4)12-22(30-6-2)23(17)31-15-18-8-9-20(25)13-21(18)26/h5,8-13H,1,6-7,15H2,2-4H3. The molecule has 7 heteroatoms. The van der Waals surface area contributed by atoms with Gasteiger partial charge in [-0.2, -0.15) is 5.26 Å². The summed E-state index contributed by atoms with van der Waals surface area (Å²) in [7, 11) is 3.20. The minimum atomic E-state index is -0.372. The van der Waals surface area contributed by atoms with Gasteiger partial charge in [-0.25, -0.2) is 0 Å². The zero-order chi connectivity index (χ0) is 23.0. The van der Waals surface area contributed by atoms with Crippen molar-refractivity contribution in [2.45, 2.75) is 20.0 Å². The van der Waals surface area contributed by atoms with Crippen LogP contribution >= 0.6 is 23.2 Å². The quantitative estimate of drug-likeness (QED) is 0.274. The number of nitriles is 1. The Morgan fingerprint density at radius 2 is 1.94 bits per heavy atom. The number of carbonyl (C=O) groups excluding carboxylic acids is 1. The van der Waals surface area contributed by atoms with Crippen molar-refractivity contribution >= 4 is 35.2 Å². The first-order valence-electron chi connectivity index (χ1n) is 9.61. The SMILES string of the molecule is C=CCc1cc(C=C(C#N)C(=O)N(C)C)cc(OCC)c1OCc1ccc(Cl)cc1Cl. The highest BCUT2D eigenvalue weighted by Gasteiger charge is 2.16. The topological polar surface area (TPSA) is 62.6 Å². The lowest BCUT2D eigenvalue weighted by molar-refractivity contribution is -0.124. The molecule has 31 heavy (non-hydrogen) atoms. The van der Waals surface area contributed by atoms with Crippen molar-refractivity contribution in [3.63, 3.8) is 0 Å². The molecule has 0 N–H and O–H groups in total. The second-order valence-corrected chi connectivity index (χ2v) is 7.67. The number of carbonyl (C=O) groups is 1. The molecule has 0 aliphatic heterocycles. The highest BCUT2D eigenvalue weighted by molar-refractivity contribution is 6.35. The lowest BCUT2D eigenvalue weighted by Gasteiger charge is -2.17. The van der Waals surface area contributed by atoms with Crippen LogP contribution in [-0.4, -0.2) is 31.5 Å². The van der Waals surface area contributed by atoms with Crippen LogP contribution in [-0.2, 0) is 17.8 Å². The minimum absolute atomic E-state index is 0.0265. The number of ether oxygens (including phenoxy) is 2. The summed E-state index contributed by atoms with van der Waals surface area (Å²) in [6.07, 6.45) is 3.79. The average molecular weight is 459 g/mol. The second kappa shape index (κ2) is 11.5. The summed E-state index contributed by atoms with van der Waals surface area (Å²) in [5.74, 6) is 0.693. The molecule has 0 heterocycles. The van der Waals surface area contributed by atoms with Crippen LogP contribution in [0.5, 0.6) is 11.5 Å². The van der Waals surface area contributed by atoms with Gasteiger partial charge in [0, 0.05) is 35.3 Å². The molecule has 0 spiro atoms. The van der Waals surface area contributed by atoms with Crippen LogP contribution in [0.1, 0.15) is 23.6 Å². The lowest BCUT2D eigenvalue weighted by atomic mass is 10.0. The van der Waals surface area contributed by atoms with Gasteiger partial charge in [0.15, 0.2) is 11.5 Å². The first-order chi connectivity index (χ1) is 14.8. The Labute approximate surface area is 193 Å². The van der Waals surface area contributed by atoms with Crippen LogP contribution < -0.4 is 9.47 Å². The number of amides is 1. The summed E-state index contributed by atoms with van der Waals surface area (Å²) in [4.78, 5) is 13.6. The number of likely N-dealkylation sites (N-methyl/N-ethyl adjacent to an activating group) is 1. The van der Waals surface area contributed by atoms with Gasteiger partial charge in [0.25, 0.3) is 5.91 Å². The fourth-order valence-corrected chi connectivity index (χ4v) is 3.30. The number of allylic oxidation sites excluding steroid dienone is 1. The molecule has 2 aromatic carbocycles. The Kier molecular flexibility index (Phi) is 8.99. The monoisotopic (exact) mass is 458 g/mol. The average Bonchev–Trinajstić information content (AvgIpc) is 2.72. The van der Waals surface area contributed by atoms with Crippen LogP contribution in [0.2, 0.25) is 10.0 Å². The van der Waals surface area contributed by atoms with E-state index in [0.717, 1.165) is 11.1 Å². The van der Waals surface area contributed by atoms with Crippen molar-refractivity contribution in [1.29, 1.82) is 5.26 Å². The van der Waals surface area contributed by atoms with E-state index in [1.807, 2.05) is 19.1 Å². The van der Waals surface area contributed by atoms with E-state index in [4.69, 9.17) is 32.7 Å². The Morgan fingerprint density at radius 3 is 2.52 bits per heavy atom. The summed E-state index contributed by atoms with van der Waals surface area (Å²) in [6.45, 7) is 6.32. The van der Waals surface area contributed by atoms with E-state index in [9.17, 15) is 10.1 Å². The van der Waals surface area contributed by atoms with E-state index in [2.05, 4.69) is 6.58 Å². The van der Waals surface area contributed by atoms with Crippen LogP contribution in [0.4, 0.5) is 0 Å². The molecule has 0 radical (unpaired) electrons. The van der Waals surface area contributed by atoms with Crippen LogP contribution in [0.25, 0.3) is 6.08 Å². The van der Waals surface area contributed by atoms with Gasteiger partial charge in [-0.15, -0.1) is 6.58 Å². The Morgan fingerprint density at radius 1 is 1.19 bits per heavy atom. The predicted octanol–water partition coefficient (Wildman–Crippen LogP) is 5.69. The van der Waals surface area contributed by atoms with Gasteiger partial charge >= 0.3 is 0 Å². The maximum absolute atomic E-state index is 12.2. The van der Waals surface area contributed by atoms with E-state index in [1.54, 1.807) is 44.4 Å². The molecule has 5 nitrogen and oxygen atoms in total. The number of halogens is 2. The number of nitrogens with zero attached hydrogens (tertiary/aromatic N) is 2. The smallest absolute Gasteiger partial charge is 0.264 e. The molecule has 2 aromatic rings. The van der Waals surface area contributed by atoms with Gasteiger partial charge in [-0.05, 0) is 49.2 Å². The summed E-state index contributed by atoms with van der Waals surface area (Å²) in [6, 6.07) is 10.8. The van der Waals surface area contributed by atoms with Crippen molar-refractivity contribution in [1.82, 2.24) is 4.90 Å². The van der Waals surface area contributed by atoms with Gasteiger partial charge in [0.05, 0.1) is 6.61 Å². The number of hydrogen-bond donors (Lipinski definition) is 0. The van der Waals surface area contributed by atoms with Gasteiger partial charge < -0.3 is 14.4 Å². The van der Waals surface area contributed by atoms with Crippen molar-refractivity contribution in [3.8, 4) is 17.6 Å². The van der Waals surface area contributed by atoms with E-state index in [1.165, 1.54) is 11.0 Å². The predicted molar refractivity (Wildman–Crippen MR) is 125 cm³/mol. The molecule has 162 valence electrons. The van der Waals surface area contributed by atoms with Crippen molar-refractivity contribution < 1.29 is 14.3 Å². The summed E-state index contributed by atoms with van der Waals surface area (Å²) in [5, 5.41) is 10.5. The fourth-order valence-electron chi connectivity index (χ4n) is 2.84. The first-order valence-corrected chi connectivity index (χ1v) is 10.4. The molecule has 0 bridgehead atoms. The van der Waals surface area contributed by atoms with Gasteiger partial charge in [-0.3, -0.25) is 4.79 Å². The van der Waals surface area contributed by atoms with Crippen molar-refractivity contribution in [2.24, 2.45) is 0 Å². The molecular weight excluding hydrogens is 435 g/mol. The fraction of sp³-hybridized carbons (Fsp3) is 0.250. The van der Waals surface area contributed by atoms with Crippen molar-refractivity contribution in [2.75, 3.05) is 20.7 Å². The third-order valence-corrected chi connectivity index (χ3v) is 4.86. The summed E-state index contributed by atoms with van der Waals surface area (Å²) < 4.78 is 11.9. The molecular formula is C24H24Cl2N2O3. The maximum Gasteiger partial charge on any atom is 0.264 e. The van der Waals surface area contributed by atoms with Crippen LogP contribution in [0.15, 0.2) is 48.6 Å². The molecule has 0 fully saturated rings. The third kappa shape index (κ3) is 6.52. The summed E-state index contributed by atoms with van der Waals surface area (Å²) >= 11 is 12.2. The Bertz CT molecular complexity index is 1040. The molecule has 0 atom stereocenters. The normalized spacial score (nSPS) is 10.9. The van der Waals surface area contributed by atoms with E-state index < -0.39 is 0 Å². The van der Waals surface area contributed by atoms with Gasteiger partial charge in [0.1, 0.15) is 18.2 Å². The van der Waals surface area contributed by atoms with Crippen LogP contribution in [0.3, 0.4) is 0 Å². The number of hydrogen-bond acceptors (Lipinski definition) is 4. The zero-order valence-electron chi connectivity index (χ0n) is 17.7. The molecule has 0 aromatic heterocycles. The second-order valence-electron chi connectivity index (χ2n) is 6.83. The number of benzene rings is 2. The molecule has 0 saturated heterocycles. The highest BCUT2D eigenvalue weighted by Crippen LogP contribution is 2.36. The first kappa shape index (κ1) is 24.3. The van der Waals surface area contributed by atoms with Gasteiger partial charge in [-0.1, -0.05) is 35.3 Å². The van der Waals surface area contributed by atoms with E-state index in [-0.39, 0.29) is 18.1 Å². The minimum Gasteiger partial charge on any atom is -0.490 e. The number of rotatable bonds is 9. The highest BCUT2D eigenvalue weighted by atomic mass is 35.5. The molecule has 0 unspecified atom stereocenters. The maximum atomic E-state index is 12.2. The largest absolute Gasteiger partial charge is 0.490 e. The van der Waals surface area contributed by atoms with Gasteiger partial charge in [0.2, 0.25) is 0 Å². The Hall–Kier alpha value is -2.94.